The van der Waals surface area contributed by atoms with Gasteiger partial charge in [-0.05, 0) is 12.1 Å². The largest absolute Gasteiger partial charge is 0.491 e. The van der Waals surface area contributed by atoms with Gasteiger partial charge in [-0.25, -0.2) is 4.98 Å². The molecule has 1 aromatic carbocycles. The molecule has 0 saturated carbocycles. The Morgan fingerprint density at radius 3 is 3.00 bits per heavy atom. The zero-order valence-corrected chi connectivity index (χ0v) is 11.0. The molecule has 1 aliphatic heterocycles. The van der Waals surface area contributed by atoms with Crippen molar-refractivity contribution < 1.29 is 4.74 Å². The molecule has 0 radical (unpaired) electrons. The van der Waals surface area contributed by atoms with E-state index in [1.165, 1.54) is 11.3 Å². The summed E-state index contributed by atoms with van der Waals surface area (Å²) >= 11 is 13.6. The second kappa shape index (κ2) is 4.05. The van der Waals surface area contributed by atoms with Gasteiger partial charge in [0.2, 0.25) is 0 Å². The summed E-state index contributed by atoms with van der Waals surface area (Å²) in [5, 5.41) is 1.48. The monoisotopic (exact) mass is 286 g/mol. The SMILES string of the molecule is Nc1nc2c(s1)CCOc1c-2ccc(Cl)c1Cl. The van der Waals surface area contributed by atoms with Crippen molar-refractivity contribution in [1.82, 2.24) is 4.98 Å². The van der Waals surface area contributed by atoms with Gasteiger partial charge in [0.15, 0.2) is 5.13 Å². The molecule has 1 aliphatic rings. The highest BCUT2D eigenvalue weighted by atomic mass is 35.5. The van der Waals surface area contributed by atoms with Crippen LogP contribution in [0.25, 0.3) is 11.3 Å². The Morgan fingerprint density at radius 2 is 2.18 bits per heavy atom. The summed E-state index contributed by atoms with van der Waals surface area (Å²) in [4.78, 5) is 5.46. The van der Waals surface area contributed by atoms with Gasteiger partial charge in [0, 0.05) is 16.9 Å². The van der Waals surface area contributed by atoms with Crippen molar-refractivity contribution >= 4 is 39.7 Å². The fraction of sp³-hybridized carbons (Fsp3) is 0.182. The van der Waals surface area contributed by atoms with Crippen LogP contribution in [-0.4, -0.2) is 11.6 Å². The number of fused-ring (bicyclic) bond motifs is 3. The number of nitrogen functional groups attached to an aromatic ring is 1. The molecule has 0 atom stereocenters. The quantitative estimate of drug-likeness (QED) is 0.804. The van der Waals surface area contributed by atoms with Gasteiger partial charge < -0.3 is 10.5 Å². The maximum absolute atomic E-state index is 6.14. The highest BCUT2D eigenvalue weighted by Crippen LogP contribution is 2.44. The van der Waals surface area contributed by atoms with E-state index in [2.05, 4.69) is 4.98 Å². The van der Waals surface area contributed by atoms with Crippen LogP contribution in [-0.2, 0) is 6.42 Å². The third-order valence-electron chi connectivity index (χ3n) is 2.59. The van der Waals surface area contributed by atoms with Crippen molar-refractivity contribution in [3.8, 4) is 17.0 Å². The highest BCUT2D eigenvalue weighted by molar-refractivity contribution is 7.15. The number of nitrogens with zero attached hydrogens (tertiary/aromatic N) is 1. The van der Waals surface area contributed by atoms with E-state index in [0.29, 0.717) is 27.5 Å². The first-order valence-corrected chi connectivity index (χ1v) is 6.60. The lowest BCUT2D eigenvalue weighted by atomic mass is 10.1. The predicted molar refractivity (Wildman–Crippen MR) is 71.2 cm³/mol. The fourth-order valence-corrected chi connectivity index (χ4v) is 3.05. The van der Waals surface area contributed by atoms with Gasteiger partial charge in [0.05, 0.1) is 17.3 Å². The Labute approximate surface area is 112 Å². The van der Waals surface area contributed by atoms with Crippen LogP contribution in [0.1, 0.15) is 4.88 Å². The van der Waals surface area contributed by atoms with Crippen molar-refractivity contribution in [2.45, 2.75) is 6.42 Å². The van der Waals surface area contributed by atoms with Crippen molar-refractivity contribution in [2.24, 2.45) is 0 Å². The van der Waals surface area contributed by atoms with E-state index in [-0.39, 0.29) is 0 Å². The molecule has 1 aromatic heterocycles. The average Bonchev–Trinajstić information content (AvgIpc) is 2.57. The molecule has 0 fully saturated rings. The summed E-state index contributed by atoms with van der Waals surface area (Å²) in [6, 6.07) is 3.61. The number of hydrogen-bond acceptors (Lipinski definition) is 4. The van der Waals surface area contributed by atoms with Gasteiger partial charge in [-0.1, -0.05) is 23.2 Å². The maximum Gasteiger partial charge on any atom is 0.180 e. The summed E-state index contributed by atoms with van der Waals surface area (Å²) < 4.78 is 5.65. The van der Waals surface area contributed by atoms with Crippen LogP contribution in [0, 0.1) is 0 Å². The van der Waals surface area contributed by atoms with E-state index in [0.717, 1.165) is 22.6 Å². The number of rotatable bonds is 0. The normalized spacial score (nSPS) is 13.5. The first-order valence-electron chi connectivity index (χ1n) is 5.03. The van der Waals surface area contributed by atoms with Crippen LogP contribution < -0.4 is 10.5 Å². The molecule has 0 bridgehead atoms. The number of anilines is 1. The maximum atomic E-state index is 6.14. The van der Waals surface area contributed by atoms with E-state index >= 15 is 0 Å². The van der Waals surface area contributed by atoms with E-state index in [1.807, 2.05) is 6.07 Å². The number of hydrogen-bond donors (Lipinski definition) is 1. The molecule has 0 aliphatic carbocycles. The van der Waals surface area contributed by atoms with Gasteiger partial charge in [0.1, 0.15) is 10.8 Å². The van der Waals surface area contributed by atoms with E-state index in [1.54, 1.807) is 6.07 Å². The molecule has 0 spiro atoms. The predicted octanol–water partition coefficient (Wildman–Crippen LogP) is 3.63. The van der Waals surface area contributed by atoms with Gasteiger partial charge in [-0.15, -0.1) is 11.3 Å². The molecule has 2 aromatic rings. The van der Waals surface area contributed by atoms with Crippen molar-refractivity contribution in [1.29, 1.82) is 0 Å². The first kappa shape index (κ1) is 11.1. The molecular formula is C11H8Cl2N2OS. The third-order valence-corrected chi connectivity index (χ3v) is 4.33. The topological polar surface area (TPSA) is 48.1 Å². The minimum atomic E-state index is 0.434. The number of nitrogens with two attached hydrogens (primary N) is 1. The van der Waals surface area contributed by atoms with Gasteiger partial charge >= 0.3 is 0 Å². The fourth-order valence-electron chi connectivity index (χ4n) is 1.86. The van der Waals surface area contributed by atoms with Crippen LogP contribution in [0.15, 0.2) is 12.1 Å². The molecule has 0 amide bonds. The molecule has 3 rings (SSSR count). The smallest absolute Gasteiger partial charge is 0.180 e. The van der Waals surface area contributed by atoms with Crippen LogP contribution >= 0.6 is 34.5 Å². The lowest BCUT2D eigenvalue weighted by Crippen LogP contribution is -1.98. The lowest BCUT2D eigenvalue weighted by Gasteiger charge is -2.09. The standard InChI is InChI=1S/C11H8Cl2N2OS/c12-6-2-1-5-9-7(17-11(14)15-9)3-4-16-10(5)8(6)13/h1-2H,3-4H2,(H2,14,15). The molecule has 3 nitrogen and oxygen atoms in total. The highest BCUT2D eigenvalue weighted by Gasteiger charge is 2.22. The Bertz CT molecular complexity index is 597. The van der Waals surface area contributed by atoms with Crippen molar-refractivity contribution in [2.75, 3.05) is 12.3 Å². The summed E-state index contributed by atoms with van der Waals surface area (Å²) in [5.74, 6) is 0.600. The summed E-state index contributed by atoms with van der Waals surface area (Å²) in [5.41, 5.74) is 7.46. The number of benzene rings is 1. The van der Waals surface area contributed by atoms with Crippen molar-refractivity contribution in [3.63, 3.8) is 0 Å². The first-order chi connectivity index (χ1) is 8.16. The second-order valence-corrected chi connectivity index (χ2v) is 5.56. The number of ether oxygens (including phenoxy) is 1. The molecular weight excluding hydrogens is 279 g/mol. The minimum Gasteiger partial charge on any atom is -0.491 e. The zero-order chi connectivity index (χ0) is 12.0. The van der Waals surface area contributed by atoms with Crippen LogP contribution in [0.3, 0.4) is 0 Å². The summed E-state index contributed by atoms with van der Waals surface area (Å²) in [7, 11) is 0. The Kier molecular flexibility index (Phi) is 2.65. The van der Waals surface area contributed by atoms with Gasteiger partial charge in [0.25, 0.3) is 0 Å². The van der Waals surface area contributed by atoms with E-state index in [4.69, 9.17) is 33.7 Å². The molecule has 17 heavy (non-hydrogen) atoms. The number of thiazole rings is 1. The Balaban J connectivity index is 2.29. The van der Waals surface area contributed by atoms with E-state index in [9.17, 15) is 0 Å². The Morgan fingerprint density at radius 1 is 1.35 bits per heavy atom. The minimum absolute atomic E-state index is 0.434. The molecule has 88 valence electrons. The summed E-state index contributed by atoms with van der Waals surface area (Å²) in [6.45, 7) is 0.557. The molecule has 2 heterocycles. The molecule has 0 unspecified atom stereocenters. The average molecular weight is 287 g/mol. The third kappa shape index (κ3) is 1.76. The molecule has 2 N–H and O–H groups in total. The second-order valence-electron chi connectivity index (χ2n) is 3.66. The van der Waals surface area contributed by atoms with Gasteiger partial charge in [-0.3, -0.25) is 0 Å². The van der Waals surface area contributed by atoms with Crippen LogP contribution in [0.5, 0.6) is 5.75 Å². The van der Waals surface area contributed by atoms with Gasteiger partial charge in [-0.2, -0.15) is 0 Å². The molecule has 0 saturated heterocycles. The summed E-state index contributed by atoms with van der Waals surface area (Å²) in [6.07, 6.45) is 0.785. The van der Waals surface area contributed by atoms with Crippen LogP contribution in [0.4, 0.5) is 5.13 Å². The van der Waals surface area contributed by atoms with Crippen molar-refractivity contribution in [3.05, 3.63) is 27.1 Å². The van der Waals surface area contributed by atoms with E-state index < -0.39 is 0 Å². The zero-order valence-electron chi connectivity index (χ0n) is 8.67. The number of halogens is 2. The lowest BCUT2D eigenvalue weighted by molar-refractivity contribution is 0.327. The number of aromatic nitrogens is 1. The Hall–Kier alpha value is -0.970. The van der Waals surface area contributed by atoms with Crippen LogP contribution in [0.2, 0.25) is 10.0 Å². The molecule has 6 heteroatoms.